The highest BCUT2D eigenvalue weighted by molar-refractivity contribution is 7.91. The number of pyridine rings is 1. The maximum absolute atomic E-state index is 12.9. The zero-order valence-electron chi connectivity index (χ0n) is 15.3. The molecule has 4 rings (SSSR count). The second-order valence-corrected chi connectivity index (χ2v) is 10.00. The normalized spacial score (nSPS) is 25.2. The minimum Gasteiger partial charge on any atom is -0.477 e. The van der Waals surface area contributed by atoms with Gasteiger partial charge in [-0.05, 0) is 50.2 Å². The van der Waals surface area contributed by atoms with Crippen molar-refractivity contribution < 1.29 is 27.9 Å². The second kappa shape index (κ2) is 6.70. The van der Waals surface area contributed by atoms with Gasteiger partial charge >= 0.3 is 0 Å². The summed E-state index contributed by atoms with van der Waals surface area (Å²) in [6, 6.07) is 1.82. The first-order valence-electron chi connectivity index (χ1n) is 9.36. The van der Waals surface area contributed by atoms with Gasteiger partial charge in [-0.2, -0.15) is 0 Å². The van der Waals surface area contributed by atoms with E-state index in [0.717, 1.165) is 24.2 Å². The Bertz CT molecular complexity index is 923. The van der Waals surface area contributed by atoms with Crippen molar-refractivity contribution in [3.05, 3.63) is 23.4 Å². The van der Waals surface area contributed by atoms with Crippen molar-refractivity contribution in [2.75, 3.05) is 18.2 Å². The first-order chi connectivity index (χ1) is 13.2. The van der Waals surface area contributed by atoms with Crippen molar-refractivity contribution in [2.24, 2.45) is 11.7 Å². The molecule has 2 heterocycles. The van der Waals surface area contributed by atoms with Crippen LogP contribution in [0.3, 0.4) is 0 Å². The van der Waals surface area contributed by atoms with Crippen LogP contribution in [0.15, 0.2) is 12.1 Å². The van der Waals surface area contributed by atoms with E-state index in [1.54, 1.807) is 6.07 Å². The lowest BCUT2D eigenvalue weighted by Gasteiger charge is -2.37. The molecule has 1 atom stereocenters. The van der Waals surface area contributed by atoms with E-state index < -0.39 is 44.9 Å². The number of sulfone groups is 1. The number of hydrogen-bond acceptors (Lipinski definition) is 7. The fraction of sp³-hybridized carbons (Fsp3) is 0.611. The molecule has 1 aliphatic heterocycles. The molecular weight excluding hydrogens is 386 g/mol. The van der Waals surface area contributed by atoms with E-state index in [9.17, 15) is 23.1 Å². The quantitative estimate of drug-likeness (QED) is 0.670. The van der Waals surface area contributed by atoms with Gasteiger partial charge in [-0.25, -0.2) is 13.4 Å². The Morgan fingerprint density at radius 1 is 1.32 bits per heavy atom. The summed E-state index contributed by atoms with van der Waals surface area (Å²) in [5.41, 5.74) is 4.76. The van der Waals surface area contributed by atoms with Crippen molar-refractivity contribution in [2.45, 2.75) is 43.7 Å². The Balaban J connectivity index is 1.64. The molecule has 28 heavy (non-hydrogen) atoms. The van der Waals surface area contributed by atoms with Gasteiger partial charge in [0.15, 0.2) is 9.84 Å². The Kier molecular flexibility index (Phi) is 4.58. The molecule has 3 aliphatic rings. The summed E-state index contributed by atoms with van der Waals surface area (Å²) in [5, 5.41) is 10.7. The average Bonchev–Trinajstić information content (AvgIpc) is 3.38. The van der Waals surface area contributed by atoms with Gasteiger partial charge in [0.05, 0.1) is 18.0 Å². The summed E-state index contributed by atoms with van der Waals surface area (Å²) in [4.78, 5) is 29.7. The fourth-order valence-electron chi connectivity index (χ4n) is 3.55. The molecule has 3 fully saturated rings. The van der Waals surface area contributed by atoms with Crippen LogP contribution in [0.5, 0.6) is 5.88 Å². The highest BCUT2D eigenvalue weighted by atomic mass is 32.2. The van der Waals surface area contributed by atoms with E-state index in [2.05, 4.69) is 4.98 Å². The van der Waals surface area contributed by atoms with E-state index >= 15 is 0 Å². The van der Waals surface area contributed by atoms with Gasteiger partial charge in [0, 0.05) is 5.56 Å². The molecule has 1 aromatic heterocycles. The monoisotopic (exact) mass is 409 g/mol. The molecule has 152 valence electrons. The number of aliphatic hydroxyl groups is 1. The molecule has 0 radical (unpaired) electrons. The largest absolute Gasteiger partial charge is 0.477 e. The summed E-state index contributed by atoms with van der Waals surface area (Å²) in [6.45, 7) is 0.454. The lowest BCUT2D eigenvalue weighted by molar-refractivity contribution is -0.121. The maximum atomic E-state index is 12.9. The molecule has 2 aliphatic carbocycles. The minimum atomic E-state index is -3.59. The number of primary amides is 1. The number of aromatic nitrogens is 1. The molecule has 0 bridgehead atoms. The first kappa shape index (κ1) is 19.1. The van der Waals surface area contributed by atoms with Crippen molar-refractivity contribution in [1.29, 1.82) is 0 Å². The number of carbonyl (C=O) groups is 2. The molecule has 10 heteroatoms. The third kappa shape index (κ3) is 3.58. The van der Waals surface area contributed by atoms with Crippen molar-refractivity contribution in [3.63, 3.8) is 0 Å². The number of amides is 2. The zero-order chi connectivity index (χ0) is 20.1. The van der Waals surface area contributed by atoms with Crippen LogP contribution >= 0.6 is 0 Å². The Morgan fingerprint density at radius 3 is 2.61 bits per heavy atom. The van der Waals surface area contributed by atoms with Gasteiger partial charge in [0.2, 0.25) is 11.8 Å². The van der Waals surface area contributed by atoms with E-state index in [1.807, 2.05) is 0 Å². The lowest BCUT2D eigenvalue weighted by atomic mass is 9.75. The van der Waals surface area contributed by atoms with Crippen LogP contribution in [0.4, 0.5) is 0 Å². The van der Waals surface area contributed by atoms with Gasteiger partial charge in [0.25, 0.3) is 5.91 Å². The van der Waals surface area contributed by atoms with Crippen molar-refractivity contribution in [3.8, 4) is 5.88 Å². The van der Waals surface area contributed by atoms with E-state index in [4.69, 9.17) is 10.5 Å². The van der Waals surface area contributed by atoms with Crippen LogP contribution in [0.1, 0.15) is 48.2 Å². The minimum absolute atomic E-state index is 0.0409. The second-order valence-electron chi connectivity index (χ2n) is 7.92. The third-order valence-electron chi connectivity index (χ3n) is 5.63. The molecule has 0 aromatic carbocycles. The SMILES string of the molecule is NC(=O)C1CS(=O)(=O)CN1C(=O)c1ccc(C2(O)CCC2)c(OCC2CC2)n1. The summed E-state index contributed by atoms with van der Waals surface area (Å²) in [5.74, 6) is -2.00. The van der Waals surface area contributed by atoms with Crippen LogP contribution < -0.4 is 10.5 Å². The Morgan fingerprint density at radius 2 is 2.04 bits per heavy atom. The predicted molar refractivity (Wildman–Crippen MR) is 98.0 cm³/mol. The highest BCUT2D eigenvalue weighted by Gasteiger charge is 2.43. The molecule has 2 amide bonds. The highest BCUT2D eigenvalue weighted by Crippen LogP contribution is 2.44. The van der Waals surface area contributed by atoms with E-state index in [1.165, 1.54) is 6.07 Å². The number of rotatable bonds is 6. The topological polar surface area (TPSA) is 140 Å². The smallest absolute Gasteiger partial charge is 0.274 e. The standard InChI is InChI=1S/C18H23N3O6S/c19-15(22)14-9-28(25,26)10-21(14)17(23)13-5-4-12(18(24)6-1-7-18)16(20-13)27-8-11-2-3-11/h4-5,11,14,24H,1-3,6-10H2,(H2,19,22). The average molecular weight is 409 g/mol. The van der Waals surface area contributed by atoms with Crippen LogP contribution in [0.2, 0.25) is 0 Å². The van der Waals surface area contributed by atoms with Gasteiger partial charge in [-0.1, -0.05) is 0 Å². The van der Waals surface area contributed by atoms with Crippen LogP contribution in [-0.2, 0) is 20.2 Å². The van der Waals surface area contributed by atoms with Gasteiger partial charge < -0.3 is 20.5 Å². The number of nitrogens with zero attached hydrogens (tertiary/aromatic N) is 2. The van der Waals surface area contributed by atoms with Crippen LogP contribution in [0.25, 0.3) is 0 Å². The first-order valence-corrected chi connectivity index (χ1v) is 11.2. The summed E-state index contributed by atoms with van der Waals surface area (Å²) < 4.78 is 29.6. The molecule has 9 nitrogen and oxygen atoms in total. The molecule has 3 N–H and O–H groups in total. The molecule has 0 spiro atoms. The molecule has 2 saturated carbocycles. The third-order valence-corrected chi connectivity index (χ3v) is 7.12. The molecular formula is C18H23N3O6S. The Hall–Kier alpha value is -2.20. The van der Waals surface area contributed by atoms with Crippen molar-refractivity contribution in [1.82, 2.24) is 9.88 Å². The number of nitrogens with two attached hydrogens (primary N) is 1. The van der Waals surface area contributed by atoms with E-state index in [-0.39, 0.29) is 11.6 Å². The molecule has 1 saturated heterocycles. The Labute approximate surface area is 162 Å². The van der Waals surface area contributed by atoms with Crippen LogP contribution in [0, 0.1) is 5.92 Å². The molecule has 1 unspecified atom stereocenters. The van der Waals surface area contributed by atoms with Crippen molar-refractivity contribution >= 4 is 21.7 Å². The van der Waals surface area contributed by atoms with Crippen LogP contribution in [-0.4, -0.2) is 59.5 Å². The van der Waals surface area contributed by atoms with Gasteiger partial charge in [-0.15, -0.1) is 0 Å². The number of ether oxygens (including phenoxy) is 1. The number of hydrogen-bond donors (Lipinski definition) is 2. The van der Waals surface area contributed by atoms with E-state index in [0.29, 0.717) is 30.9 Å². The summed E-state index contributed by atoms with van der Waals surface area (Å²) in [7, 11) is -3.59. The summed E-state index contributed by atoms with van der Waals surface area (Å²) in [6.07, 6.45) is 4.23. The van der Waals surface area contributed by atoms with Gasteiger partial charge in [0.1, 0.15) is 17.6 Å². The number of carbonyl (C=O) groups excluding carboxylic acids is 2. The predicted octanol–water partition coefficient (Wildman–Crippen LogP) is -0.0761. The zero-order valence-corrected chi connectivity index (χ0v) is 16.2. The fourth-order valence-corrected chi connectivity index (χ4v) is 5.21. The summed E-state index contributed by atoms with van der Waals surface area (Å²) >= 11 is 0. The molecule has 1 aromatic rings. The maximum Gasteiger partial charge on any atom is 0.274 e. The lowest BCUT2D eigenvalue weighted by Crippen LogP contribution is -2.45. The van der Waals surface area contributed by atoms with Gasteiger partial charge in [-0.3, -0.25) is 9.59 Å².